The Balaban J connectivity index is 1.09. The Morgan fingerprint density at radius 3 is 1.51 bits per heavy atom. The molecule has 4 heterocycles. The van der Waals surface area contributed by atoms with Crippen molar-refractivity contribution < 1.29 is 4.42 Å². The smallest absolute Gasteiger partial charge is 0.168 e. The van der Waals surface area contributed by atoms with Gasteiger partial charge in [0.25, 0.3) is 0 Å². The van der Waals surface area contributed by atoms with Crippen molar-refractivity contribution in [3.05, 3.63) is 270 Å². The molecule has 6 nitrogen and oxygen atoms in total. The highest BCUT2D eigenvalue weighted by Gasteiger charge is 2.54. The van der Waals surface area contributed by atoms with Crippen LogP contribution in [0.1, 0.15) is 27.8 Å². The van der Waals surface area contributed by atoms with E-state index in [1.165, 1.54) is 71.6 Å². The predicted molar refractivity (Wildman–Crippen MR) is 313 cm³/mol. The van der Waals surface area contributed by atoms with Gasteiger partial charge < -0.3 is 13.6 Å². The second kappa shape index (κ2) is 15.7. The summed E-state index contributed by atoms with van der Waals surface area (Å²) in [6.07, 6.45) is 0. The molecular weight excluding hydrogens is 939 g/mol. The number of nitrogens with zero attached hydrogens (tertiary/aromatic N) is 5. The Bertz CT molecular complexity index is 4890. The largest absolute Gasteiger partial charge is 0.455 e. The summed E-state index contributed by atoms with van der Waals surface area (Å²) in [5.74, 6) is 1.75. The third-order valence-corrected chi connectivity index (χ3v) is 16.7. The lowest BCUT2D eigenvalue weighted by atomic mass is 9.69. The van der Waals surface area contributed by atoms with E-state index < -0.39 is 5.41 Å². The van der Waals surface area contributed by atoms with Crippen molar-refractivity contribution in [2.24, 2.45) is 0 Å². The lowest BCUT2D eigenvalue weighted by Crippen LogP contribution is -2.26. The molecule has 0 unspecified atom stereocenters. The molecule has 6 heteroatoms. The highest BCUT2D eigenvalue weighted by atomic mass is 16.3. The zero-order valence-electron chi connectivity index (χ0n) is 41.7. The Hall–Kier alpha value is -10.2. The molecule has 0 saturated heterocycles. The summed E-state index contributed by atoms with van der Waals surface area (Å²) < 4.78 is 12.4. The number of fused-ring (bicyclic) bond motifs is 22. The normalized spacial score (nSPS) is 13.1. The summed E-state index contributed by atoms with van der Waals surface area (Å²) in [4.78, 5) is 15.7. The molecule has 17 rings (SSSR count). The van der Waals surface area contributed by atoms with E-state index >= 15 is 0 Å². The Morgan fingerprint density at radius 2 is 0.870 bits per heavy atom. The van der Waals surface area contributed by atoms with E-state index in [1.54, 1.807) is 0 Å². The van der Waals surface area contributed by atoms with Gasteiger partial charge in [-0.05, 0) is 87.8 Å². The zero-order valence-corrected chi connectivity index (χ0v) is 41.7. The number of hydrogen-bond donors (Lipinski definition) is 0. The van der Waals surface area contributed by atoms with Crippen LogP contribution in [0.2, 0.25) is 0 Å². The minimum absolute atomic E-state index is 0.553. The van der Waals surface area contributed by atoms with Crippen LogP contribution in [-0.4, -0.2) is 24.1 Å². The lowest BCUT2D eigenvalue weighted by molar-refractivity contribution is 0.669. The molecule has 77 heavy (non-hydrogen) atoms. The summed E-state index contributed by atoms with van der Waals surface area (Å²) in [5.41, 5.74) is 21.4. The molecule has 0 fully saturated rings. The lowest BCUT2D eigenvalue weighted by Gasteiger charge is -2.31. The minimum atomic E-state index is -0.651. The SMILES string of the molecule is Cc1cc(-n2c3ccccc3c3c2c2c(c4c5ccccc5n(-c5ccccc5)c43)C3(c4ccccc4-c4ccccc43)c3ccccc3-2)c2c(oc3ccccc32)c1-c1nc(-c2ccccc2)nc(-c2ccccc2)n1. The van der Waals surface area contributed by atoms with Crippen molar-refractivity contribution >= 4 is 65.6 Å². The van der Waals surface area contributed by atoms with Gasteiger partial charge in [-0.1, -0.05) is 206 Å². The molecule has 358 valence electrons. The van der Waals surface area contributed by atoms with Crippen LogP contribution < -0.4 is 0 Å². The monoisotopic (exact) mass is 981 g/mol. The van der Waals surface area contributed by atoms with Crippen LogP contribution in [0, 0.1) is 6.92 Å². The topological polar surface area (TPSA) is 61.7 Å². The first kappa shape index (κ1) is 42.2. The van der Waals surface area contributed by atoms with Crippen molar-refractivity contribution in [2.75, 3.05) is 0 Å². The second-order valence-electron chi connectivity index (χ2n) is 20.6. The number of rotatable bonds is 5. The molecule has 4 aromatic heterocycles. The van der Waals surface area contributed by atoms with Crippen LogP contribution in [-0.2, 0) is 5.41 Å². The van der Waals surface area contributed by atoms with Gasteiger partial charge in [0.1, 0.15) is 11.2 Å². The van der Waals surface area contributed by atoms with Crippen LogP contribution in [0.4, 0.5) is 0 Å². The predicted octanol–water partition coefficient (Wildman–Crippen LogP) is 17.6. The number of para-hydroxylation sites is 4. The van der Waals surface area contributed by atoms with Crippen LogP contribution in [0.25, 0.3) is 133 Å². The maximum atomic E-state index is 7.25. The molecule has 1 spiro atoms. The van der Waals surface area contributed by atoms with Crippen LogP contribution in [0.3, 0.4) is 0 Å². The molecule has 0 radical (unpaired) electrons. The first-order valence-corrected chi connectivity index (χ1v) is 26.4. The zero-order chi connectivity index (χ0) is 50.5. The maximum Gasteiger partial charge on any atom is 0.168 e. The van der Waals surface area contributed by atoms with Crippen molar-refractivity contribution in [3.8, 4) is 67.8 Å². The molecule has 11 aromatic carbocycles. The highest BCUT2D eigenvalue weighted by molar-refractivity contribution is 6.33. The molecule has 0 aliphatic heterocycles. The Morgan fingerprint density at radius 1 is 0.390 bits per heavy atom. The van der Waals surface area contributed by atoms with Gasteiger partial charge in [-0.3, -0.25) is 0 Å². The van der Waals surface area contributed by atoms with Gasteiger partial charge in [0, 0.05) is 49.3 Å². The fraction of sp³-hybridized carbons (Fsp3) is 0.0282. The molecule has 0 atom stereocenters. The molecule has 2 aliphatic rings. The van der Waals surface area contributed by atoms with E-state index in [2.05, 4.69) is 222 Å². The molecule has 0 N–H and O–H groups in total. The third kappa shape index (κ3) is 5.55. The fourth-order valence-electron chi connectivity index (χ4n) is 13.8. The van der Waals surface area contributed by atoms with E-state index in [4.69, 9.17) is 19.4 Å². The van der Waals surface area contributed by atoms with Crippen LogP contribution in [0.5, 0.6) is 0 Å². The maximum absolute atomic E-state index is 7.25. The molecule has 0 amide bonds. The van der Waals surface area contributed by atoms with Crippen molar-refractivity contribution in [2.45, 2.75) is 12.3 Å². The van der Waals surface area contributed by atoms with Crippen molar-refractivity contribution in [1.82, 2.24) is 24.1 Å². The number of furan rings is 1. The van der Waals surface area contributed by atoms with Gasteiger partial charge in [0.05, 0.1) is 44.1 Å². The molecule has 0 bridgehead atoms. The molecule has 15 aromatic rings. The first-order chi connectivity index (χ1) is 38.2. The summed E-state index contributed by atoms with van der Waals surface area (Å²) in [6.45, 7) is 2.18. The summed E-state index contributed by atoms with van der Waals surface area (Å²) in [6, 6.07) is 87.7. The minimum Gasteiger partial charge on any atom is -0.455 e. The van der Waals surface area contributed by atoms with E-state index in [0.717, 1.165) is 72.1 Å². The average Bonchev–Trinajstić information content (AvgIpc) is 4.05. The Labute approximate surface area is 442 Å². The van der Waals surface area contributed by atoms with Gasteiger partial charge in [-0.2, -0.15) is 0 Å². The summed E-state index contributed by atoms with van der Waals surface area (Å²) in [7, 11) is 0. The number of aryl methyl sites for hydroxylation is 1. The van der Waals surface area contributed by atoms with Crippen molar-refractivity contribution in [3.63, 3.8) is 0 Å². The van der Waals surface area contributed by atoms with Gasteiger partial charge in [-0.25, -0.2) is 15.0 Å². The van der Waals surface area contributed by atoms with E-state index in [0.29, 0.717) is 17.5 Å². The second-order valence-corrected chi connectivity index (χ2v) is 20.6. The van der Waals surface area contributed by atoms with Gasteiger partial charge >= 0.3 is 0 Å². The fourth-order valence-corrected chi connectivity index (χ4v) is 13.8. The average molecular weight is 982 g/mol. The Kier molecular flexibility index (Phi) is 8.60. The first-order valence-electron chi connectivity index (χ1n) is 26.4. The number of aromatic nitrogens is 5. The number of hydrogen-bond acceptors (Lipinski definition) is 4. The summed E-state index contributed by atoms with van der Waals surface area (Å²) >= 11 is 0. The number of benzene rings is 11. The summed E-state index contributed by atoms with van der Waals surface area (Å²) in [5, 5.41) is 6.85. The van der Waals surface area contributed by atoms with Gasteiger partial charge in [0.15, 0.2) is 17.5 Å². The van der Waals surface area contributed by atoms with E-state index in [1.807, 2.05) is 36.4 Å². The molecular formula is C71H43N5O. The van der Waals surface area contributed by atoms with Crippen LogP contribution in [0.15, 0.2) is 247 Å². The molecule has 2 aliphatic carbocycles. The molecule has 0 saturated carbocycles. The van der Waals surface area contributed by atoms with Crippen molar-refractivity contribution in [1.29, 1.82) is 0 Å². The highest BCUT2D eigenvalue weighted by Crippen LogP contribution is 2.67. The third-order valence-electron chi connectivity index (χ3n) is 16.7. The van der Waals surface area contributed by atoms with Gasteiger partial charge in [-0.15, -0.1) is 0 Å². The standard InChI is InChI=1S/C71H43N5O/c1-42-41-57(60-51-34-16-22-40-58(51)77-67(60)59(42)70-73-68(43-23-5-2-6-24-43)72-69(74-70)44-25-7-3-8-26-44)76-56-39-21-15-33-50(56)63-65-62(49-32-14-20-38-55(49)75(65)45-27-9-4-10-28-45)64-61(66(63)76)48-31-13-19-37-54(48)71(64)52-35-17-11-29-46(52)47-30-12-18-36-53(47)71/h2-41H,1H3. The van der Waals surface area contributed by atoms with Gasteiger partial charge in [0.2, 0.25) is 0 Å². The van der Waals surface area contributed by atoms with E-state index in [-0.39, 0.29) is 0 Å². The van der Waals surface area contributed by atoms with Crippen LogP contribution >= 0.6 is 0 Å². The van der Waals surface area contributed by atoms with E-state index in [9.17, 15) is 0 Å². The quantitative estimate of drug-likeness (QED) is 0.172.